The summed E-state index contributed by atoms with van der Waals surface area (Å²) in [7, 11) is 0. The van der Waals surface area contributed by atoms with Crippen LogP contribution in [0.5, 0.6) is 0 Å². The Labute approximate surface area is 181 Å². The van der Waals surface area contributed by atoms with Crippen LogP contribution in [0.3, 0.4) is 0 Å². The van der Waals surface area contributed by atoms with Crippen molar-refractivity contribution in [3.05, 3.63) is 58.2 Å². The molecule has 0 atom stereocenters. The molecular weight excluding hydrogens is 469 g/mol. The first-order chi connectivity index (χ1) is 12.8. The van der Waals surface area contributed by atoms with E-state index in [4.69, 9.17) is 0 Å². The fourth-order valence-electron chi connectivity index (χ4n) is 2.83. The SMILES string of the molecule is CCNC(=NCCc1csc(C)n1)NCCc1cccc2cccnc12.I. The van der Waals surface area contributed by atoms with Gasteiger partial charge in [-0.3, -0.25) is 9.98 Å². The van der Waals surface area contributed by atoms with Crippen LogP contribution in [0.1, 0.15) is 23.2 Å². The van der Waals surface area contributed by atoms with Gasteiger partial charge in [-0.1, -0.05) is 24.3 Å². The molecule has 0 aliphatic heterocycles. The number of aryl methyl sites for hydroxylation is 1. The smallest absolute Gasteiger partial charge is 0.191 e. The maximum absolute atomic E-state index is 4.65. The van der Waals surface area contributed by atoms with Crippen LogP contribution < -0.4 is 10.6 Å². The van der Waals surface area contributed by atoms with E-state index in [1.54, 1.807) is 11.3 Å². The Morgan fingerprint density at radius 2 is 2.00 bits per heavy atom. The van der Waals surface area contributed by atoms with E-state index in [0.29, 0.717) is 0 Å². The summed E-state index contributed by atoms with van der Waals surface area (Å²) < 4.78 is 0. The van der Waals surface area contributed by atoms with Crippen molar-refractivity contribution in [2.45, 2.75) is 26.7 Å². The molecular formula is C20H26IN5S. The number of aromatic nitrogens is 2. The molecule has 2 heterocycles. The Bertz CT molecular complexity index is 872. The van der Waals surface area contributed by atoms with Gasteiger partial charge in [0.25, 0.3) is 0 Å². The lowest BCUT2D eigenvalue weighted by Crippen LogP contribution is -2.38. The molecule has 0 radical (unpaired) electrons. The van der Waals surface area contributed by atoms with Gasteiger partial charge in [-0.25, -0.2) is 4.98 Å². The van der Waals surface area contributed by atoms with Gasteiger partial charge in [0, 0.05) is 43.0 Å². The number of nitrogens with one attached hydrogen (secondary N) is 2. The van der Waals surface area contributed by atoms with Gasteiger partial charge < -0.3 is 10.6 Å². The third-order valence-corrected chi connectivity index (χ3v) is 4.87. The molecule has 27 heavy (non-hydrogen) atoms. The van der Waals surface area contributed by atoms with Gasteiger partial charge in [0.15, 0.2) is 5.96 Å². The molecule has 3 rings (SSSR count). The number of para-hydroxylation sites is 1. The van der Waals surface area contributed by atoms with Crippen LogP contribution >= 0.6 is 35.3 Å². The molecule has 2 aromatic heterocycles. The van der Waals surface area contributed by atoms with E-state index < -0.39 is 0 Å². The highest BCUT2D eigenvalue weighted by Gasteiger charge is 2.03. The van der Waals surface area contributed by atoms with Crippen LogP contribution in [0.15, 0.2) is 46.9 Å². The molecule has 0 fully saturated rings. The summed E-state index contributed by atoms with van der Waals surface area (Å²) in [5.41, 5.74) is 3.45. The number of nitrogens with zero attached hydrogens (tertiary/aromatic N) is 3. The summed E-state index contributed by atoms with van der Waals surface area (Å²) in [6.45, 7) is 6.50. The minimum Gasteiger partial charge on any atom is -0.357 e. The molecule has 2 N–H and O–H groups in total. The first kappa shape index (κ1) is 21.6. The summed E-state index contributed by atoms with van der Waals surface area (Å²) in [4.78, 5) is 13.7. The van der Waals surface area contributed by atoms with E-state index in [1.807, 2.05) is 19.2 Å². The highest BCUT2D eigenvalue weighted by atomic mass is 127. The molecule has 0 aliphatic rings. The fourth-order valence-corrected chi connectivity index (χ4v) is 3.48. The molecule has 0 bridgehead atoms. The van der Waals surface area contributed by atoms with Crippen molar-refractivity contribution in [2.75, 3.05) is 19.6 Å². The fraction of sp³-hybridized carbons (Fsp3) is 0.350. The van der Waals surface area contributed by atoms with E-state index in [1.165, 1.54) is 10.9 Å². The second kappa shape index (κ2) is 11.2. The Morgan fingerprint density at radius 1 is 1.15 bits per heavy atom. The number of rotatable bonds is 7. The van der Waals surface area contributed by atoms with Gasteiger partial charge in [-0.15, -0.1) is 35.3 Å². The normalized spacial score (nSPS) is 11.3. The lowest BCUT2D eigenvalue weighted by molar-refractivity contribution is 0.796. The number of guanidine groups is 1. The molecule has 1 aromatic carbocycles. The van der Waals surface area contributed by atoms with Crippen molar-refractivity contribution in [3.8, 4) is 0 Å². The largest absolute Gasteiger partial charge is 0.357 e. The number of hydrogen-bond donors (Lipinski definition) is 2. The Hall–Kier alpha value is -1.74. The third-order valence-electron chi connectivity index (χ3n) is 4.05. The van der Waals surface area contributed by atoms with Gasteiger partial charge in [0.2, 0.25) is 0 Å². The molecule has 144 valence electrons. The summed E-state index contributed by atoms with van der Waals surface area (Å²) in [5, 5.41) is 11.1. The lowest BCUT2D eigenvalue weighted by atomic mass is 10.1. The third kappa shape index (κ3) is 6.42. The number of hydrogen-bond acceptors (Lipinski definition) is 4. The van der Waals surface area contributed by atoms with E-state index >= 15 is 0 Å². The predicted molar refractivity (Wildman–Crippen MR) is 125 cm³/mol. The van der Waals surface area contributed by atoms with Crippen LogP contribution in [-0.2, 0) is 12.8 Å². The van der Waals surface area contributed by atoms with Gasteiger partial charge in [0.1, 0.15) is 0 Å². The zero-order valence-corrected chi connectivity index (χ0v) is 18.9. The average Bonchev–Trinajstić information content (AvgIpc) is 3.07. The van der Waals surface area contributed by atoms with Crippen LogP contribution in [0, 0.1) is 6.92 Å². The molecule has 0 saturated carbocycles. The number of thiazole rings is 1. The molecule has 0 spiro atoms. The maximum atomic E-state index is 4.65. The second-order valence-corrected chi connectivity index (χ2v) is 7.10. The summed E-state index contributed by atoms with van der Waals surface area (Å²) in [5.74, 6) is 0.854. The van der Waals surface area contributed by atoms with Gasteiger partial charge >= 0.3 is 0 Å². The predicted octanol–water partition coefficient (Wildman–Crippen LogP) is 3.96. The lowest BCUT2D eigenvalue weighted by Gasteiger charge is -2.12. The topological polar surface area (TPSA) is 62.2 Å². The second-order valence-electron chi connectivity index (χ2n) is 6.04. The highest BCUT2D eigenvalue weighted by molar-refractivity contribution is 14.0. The zero-order valence-electron chi connectivity index (χ0n) is 15.7. The van der Waals surface area contributed by atoms with Gasteiger partial charge in [0.05, 0.1) is 16.2 Å². The van der Waals surface area contributed by atoms with Crippen molar-refractivity contribution in [3.63, 3.8) is 0 Å². The van der Waals surface area contributed by atoms with Gasteiger partial charge in [-0.2, -0.15) is 0 Å². The van der Waals surface area contributed by atoms with Crippen molar-refractivity contribution >= 4 is 52.2 Å². The summed E-state index contributed by atoms with van der Waals surface area (Å²) in [6, 6.07) is 10.4. The number of aliphatic imine (C=N–C) groups is 1. The molecule has 0 saturated heterocycles. The van der Waals surface area contributed by atoms with E-state index in [-0.39, 0.29) is 24.0 Å². The van der Waals surface area contributed by atoms with Crippen molar-refractivity contribution in [1.29, 1.82) is 0 Å². The van der Waals surface area contributed by atoms with Crippen LogP contribution in [0.2, 0.25) is 0 Å². The standard InChI is InChI=1S/C20H25N5S.HI/c1-3-21-20(24-13-10-18-14-26-15(2)25-18)23-12-9-17-7-4-6-16-8-5-11-22-19(16)17;/h4-8,11,14H,3,9-10,12-13H2,1-2H3,(H2,21,23,24);1H. The first-order valence-corrected chi connectivity index (χ1v) is 9.90. The Balaban J connectivity index is 0.00000261. The highest BCUT2D eigenvalue weighted by Crippen LogP contribution is 2.16. The minimum atomic E-state index is 0. The summed E-state index contributed by atoms with van der Waals surface area (Å²) >= 11 is 1.69. The van der Waals surface area contributed by atoms with Crippen molar-refractivity contribution < 1.29 is 0 Å². The minimum absolute atomic E-state index is 0. The van der Waals surface area contributed by atoms with Crippen molar-refractivity contribution in [1.82, 2.24) is 20.6 Å². The molecule has 0 unspecified atom stereocenters. The van der Waals surface area contributed by atoms with Crippen LogP contribution in [-0.4, -0.2) is 35.6 Å². The molecule has 0 aliphatic carbocycles. The summed E-state index contributed by atoms with van der Waals surface area (Å²) in [6.07, 6.45) is 3.63. The monoisotopic (exact) mass is 495 g/mol. The van der Waals surface area contributed by atoms with Crippen LogP contribution in [0.25, 0.3) is 10.9 Å². The Kier molecular flexibility index (Phi) is 8.93. The Morgan fingerprint density at radius 3 is 2.78 bits per heavy atom. The molecule has 0 amide bonds. The molecule has 3 aromatic rings. The number of benzene rings is 1. The molecule has 5 nitrogen and oxygen atoms in total. The first-order valence-electron chi connectivity index (χ1n) is 9.02. The number of halogens is 1. The average molecular weight is 495 g/mol. The van der Waals surface area contributed by atoms with E-state index in [0.717, 1.165) is 54.7 Å². The maximum Gasteiger partial charge on any atom is 0.191 e. The van der Waals surface area contributed by atoms with Crippen molar-refractivity contribution in [2.24, 2.45) is 4.99 Å². The van der Waals surface area contributed by atoms with E-state index in [9.17, 15) is 0 Å². The van der Waals surface area contributed by atoms with Gasteiger partial charge in [-0.05, 0) is 31.9 Å². The quantitative estimate of drug-likeness (QED) is 0.296. The number of fused-ring (bicyclic) bond motifs is 1. The number of pyridine rings is 1. The molecule has 7 heteroatoms. The van der Waals surface area contributed by atoms with Crippen LogP contribution in [0.4, 0.5) is 0 Å². The van der Waals surface area contributed by atoms with E-state index in [2.05, 4.69) is 62.2 Å². The zero-order chi connectivity index (χ0) is 18.2.